The van der Waals surface area contributed by atoms with Gasteiger partial charge in [0.05, 0.1) is 6.61 Å². The van der Waals surface area contributed by atoms with Gasteiger partial charge in [-0.15, -0.1) is 0 Å². The molecule has 0 fully saturated rings. The van der Waals surface area contributed by atoms with E-state index in [9.17, 15) is 24.3 Å². The molecule has 0 spiro atoms. The molecule has 0 bridgehead atoms. The predicted octanol–water partition coefficient (Wildman–Crippen LogP) is -1.89. The maximum Gasteiger partial charge on any atom is 0.245 e. The molecular weight excluding hydrogens is 354 g/mol. The lowest BCUT2D eigenvalue weighted by Gasteiger charge is -2.24. The van der Waals surface area contributed by atoms with Crippen molar-refractivity contribution in [3.05, 3.63) is 0 Å². The van der Waals surface area contributed by atoms with Crippen LogP contribution in [-0.2, 0) is 19.2 Å². The highest BCUT2D eigenvalue weighted by Gasteiger charge is 2.28. The summed E-state index contributed by atoms with van der Waals surface area (Å²) in [6.07, 6.45) is 1.89. The zero-order valence-electron chi connectivity index (χ0n) is 16.3. The Bertz CT molecular complexity index is 512. The molecule has 0 heterocycles. The SMILES string of the molecule is CC(=O)N[C@@H](CO)C(=O)N[C@@H](CCCCN)C(=O)N[C@@H](CC(C)C)C(N)=O. The summed E-state index contributed by atoms with van der Waals surface area (Å²) in [5.74, 6) is -2.26. The first-order valence-corrected chi connectivity index (χ1v) is 9.10. The molecule has 10 heteroatoms. The lowest BCUT2D eigenvalue weighted by molar-refractivity contribution is -0.133. The quantitative estimate of drug-likeness (QED) is 0.201. The average Bonchev–Trinajstić information content (AvgIpc) is 2.57. The molecule has 0 radical (unpaired) electrons. The van der Waals surface area contributed by atoms with E-state index in [1.807, 2.05) is 13.8 Å². The third-order valence-corrected chi connectivity index (χ3v) is 3.82. The third kappa shape index (κ3) is 10.5. The van der Waals surface area contributed by atoms with E-state index in [1.165, 1.54) is 6.92 Å². The Balaban J connectivity index is 5.14. The van der Waals surface area contributed by atoms with Crippen molar-refractivity contribution in [1.82, 2.24) is 16.0 Å². The number of primary amides is 1. The number of amides is 4. The number of aliphatic hydroxyl groups is 1. The predicted molar refractivity (Wildman–Crippen MR) is 100 cm³/mol. The second kappa shape index (κ2) is 13.0. The Morgan fingerprint density at radius 1 is 0.926 bits per heavy atom. The monoisotopic (exact) mass is 387 g/mol. The van der Waals surface area contributed by atoms with Gasteiger partial charge in [0.25, 0.3) is 0 Å². The van der Waals surface area contributed by atoms with Crippen molar-refractivity contribution in [2.24, 2.45) is 17.4 Å². The zero-order chi connectivity index (χ0) is 21.0. The minimum Gasteiger partial charge on any atom is -0.394 e. The van der Waals surface area contributed by atoms with E-state index in [-0.39, 0.29) is 5.92 Å². The van der Waals surface area contributed by atoms with Crippen LogP contribution in [0.25, 0.3) is 0 Å². The van der Waals surface area contributed by atoms with Crippen LogP contribution in [0.15, 0.2) is 0 Å². The Hall–Kier alpha value is -2.20. The molecule has 0 aliphatic heterocycles. The highest BCUT2D eigenvalue weighted by Crippen LogP contribution is 2.07. The lowest BCUT2D eigenvalue weighted by atomic mass is 10.0. The van der Waals surface area contributed by atoms with Gasteiger partial charge < -0.3 is 32.5 Å². The summed E-state index contributed by atoms with van der Waals surface area (Å²) in [6.45, 7) is 4.82. The Morgan fingerprint density at radius 2 is 1.48 bits per heavy atom. The molecule has 0 saturated carbocycles. The molecule has 0 aromatic heterocycles. The van der Waals surface area contributed by atoms with Crippen molar-refractivity contribution in [2.45, 2.75) is 64.6 Å². The molecule has 0 unspecified atom stereocenters. The Labute approximate surface area is 159 Å². The van der Waals surface area contributed by atoms with Crippen LogP contribution in [0.3, 0.4) is 0 Å². The topological polar surface area (TPSA) is 177 Å². The van der Waals surface area contributed by atoms with Gasteiger partial charge in [0.2, 0.25) is 23.6 Å². The van der Waals surface area contributed by atoms with Crippen LogP contribution in [0.4, 0.5) is 0 Å². The highest BCUT2D eigenvalue weighted by atomic mass is 16.3. The van der Waals surface area contributed by atoms with Gasteiger partial charge in [-0.25, -0.2) is 0 Å². The fourth-order valence-corrected chi connectivity index (χ4v) is 2.46. The number of unbranched alkanes of at least 4 members (excludes halogenated alkanes) is 1. The number of aliphatic hydroxyl groups excluding tert-OH is 1. The van der Waals surface area contributed by atoms with Crippen molar-refractivity contribution < 1.29 is 24.3 Å². The summed E-state index contributed by atoms with van der Waals surface area (Å²) in [5.41, 5.74) is 10.8. The summed E-state index contributed by atoms with van der Waals surface area (Å²) in [4.78, 5) is 47.6. The first kappa shape index (κ1) is 24.8. The van der Waals surface area contributed by atoms with Crippen molar-refractivity contribution in [3.8, 4) is 0 Å². The Kier molecular flexibility index (Phi) is 12.0. The van der Waals surface area contributed by atoms with Crippen LogP contribution < -0.4 is 27.4 Å². The fourth-order valence-electron chi connectivity index (χ4n) is 2.46. The van der Waals surface area contributed by atoms with Crippen LogP contribution in [-0.4, -0.2) is 60.0 Å². The Morgan fingerprint density at radius 3 is 1.93 bits per heavy atom. The van der Waals surface area contributed by atoms with E-state index >= 15 is 0 Å². The molecule has 0 saturated heterocycles. The maximum atomic E-state index is 12.6. The van der Waals surface area contributed by atoms with Crippen molar-refractivity contribution in [3.63, 3.8) is 0 Å². The third-order valence-electron chi connectivity index (χ3n) is 3.82. The standard InChI is InChI=1S/C17H33N5O5/c1-10(2)8-13(15(19)25)22-16(26)12(6-4-5-7-18)21-17(27)14(9-23)20-11(3)24/h10,12-14,23H,4-9,18H2,1-3H3,(H2,19,25)(H,20,24)(H,21,27)(H,22,26)/t12-,13-,14-/m0/s1. The van der Waals surface area contributed by atoms with Gasteiger partial charge in [-0.1, -0.05) is 13.8 Å². The van der Waals surface area contributed by atoms with E-state index in [0.717, 1.165) is 0 Å². The van der Waals surface area contributed by atoms with E-state index in [4.69, 9.17) is 11.5 Å². The van der Waals surface area contributed by atoms with Crippen molar-refractivity contribution in [1.29, 1.82) is 0 Å². The lowest BCUT2D eigenvalue weighted by Crippen LogP contribution is -2.57. The molecule has 3 atom stereocenters. The van der Waals surface area contributed by atoms with Crippen molar-refractivity contribution >= 4 is 23.6 Å². The molecule has 0 rings (SSSR count). The van der Waals surface area contributed by atoms with Crippen LogP contribution >= 0.6 is 0 Å². The summed E-state index contributed by atoms with van der Waals surface area (Å²) in [7, 11) is 0. The minimum absolute atomic E-state index is 0.131. The van der Waals surface area contributed by atoms with E-state index < -0.39 is 48.4 Å². The van der Waals surface area contributed by atoms with E-state index in [1.54, 1.807) is 0 Å². The van der Waals surface area contributed by atoms with E-state index in [0.29, 0.717) is 32.2 Å². The summed E-state index contributed by atoms with van der Waals surface area (Å²) >= 11 is 0. The first-order valence-electron chi connectivity index (χ1n) is 9.10. The van der Waals surface area contributed by atoms with E-state index in [2.05, 4.69) is 16.0 Å². The normalized spacial score (nSPS) is 14.1. The molecule has 0 aromatic rings. The minimum atomic E-state index is -1.17. The van der Waals surface area contributed by atoms with Gasteiger partial charge in [-0.05, 0) is 38.1 Å². The van der Waals surface area contributed by atoms with Crippen LogP contribution in [0, 0.1) is 5.92 Å². The number of carbonyl (C=O) groups is 4. The molecule has 0 aromatic carbocycles. The van der Waals surface area contributed by atoms with Gasteiger partial charge in [0.1, 0.15) is 18.1 Å². The van der Waals surface area contributed by atoms with Crippen molar-refractivity contribution in [2.75, 3.05) is 13.2 Å². The molecule has 156 valence electrons. The smallest absolute Gasteiger partial charge is 0.245 e. The first-order chi connectivity index (χ1) is 12.6. The van der Waals surface area contributed by atoms with Crippen LogP contribution in [0.2, 0.25) is 0 Å². The maximum absolute atomic E-state index is 12.6. The second-order valence-corrected chi connectivity index (χ2v) is 6.87. The molecule has 4 amide bonds. The molecule has 8 N–H and O–H groups in total. The molecule has 27 heavy (non-hydrogen) atoms. The van der Waals surface area contributed by atoms with Gasteiger partial charge in [0, 0.05) is 6.92 Å². The zero-order valence-corrected chi connectivity index (χ0v) is 16.3. The fraction of sp³-hybridized carbons (Fsp3) is 0.765. The summed E-state index contributed by atoms with van der Waals surface area (Å²) < 4.78 is 0. The summed E-state index contributed by atoms with van der Waals surface area (Å²) in [5, 5.41) is 16.7. The summed E-state index contributed by atoms with van der Waals surface area (Å²) in [6, 6.07) is -2.97. The molecule has 0 aliphatic carbocycles. The van der Waals surface area contributed by atoms with Crippen LogP contribution in [0.5, 0.6) is 0 Å². The van der Waals surface area contributed by atoms with Gasteiger partial charge in [-0.3, -0.25) is 19.2 Å². The van der Waals surface area contributed by atoms with Gasteiger partial charge >= 0.3 is 0 Å². The molecule has 0 aliphatic rings. The highest BCUT2D eigenvalue weighted by molar-refractivity contribution is 5.93. The molecular formula is C17H33N5O5. The largest absolute Gasteiger partial charge is 0.394 e. The van der Waals surface area contributed by atoms with Gasteiger partial charge in [0.15, 0.2) is 0 Å². The molecule has 10 nitrogen and oxygen atoms in total. The number of carbonyl (C=O) groups excluding carboxylic acids is 4. The van der Waals surface area contributed by atoms with Crippen LogP contribution in [0.1, 0.15) is 46.5 Å². The average molecular weight is 387 g/mol. The number of hydrogen-bond donors (Lipinski definition) is 6. The number of nitrogens with two attached hydrogens (primary N) is 2. The van der Waals surface area contributed by atoms with Gasteiger partial charge in [-0.2, -0.15) is 0 Å². The second-order valence-electron chi connectivity index (χ2n) is 6.87. The number of nitrogens with one attached hydrogen (secondary N) is 3. The number of rotatable bonds is 13. The number of hydrogen-bond acceptors (Lipinski definition) is 6.